The van der Waals surface area contributed by atoms with Gasteiger partial charge in [-0.2, -0.15) is 0 Å². The Labute approximate surface area is 87.0 Å². The first kappa shape index (κ1) is 18.7. The summed E-state index contributed by atoms with van der Waals surface area (Å²) >= 11 is -15.4. The molecule has 4 radical (unpaired) electrons. The van der Waals surface area contributed by atoms with E-state index in [9.17, 15) is 21.0 Å². The van der Waals surface area contributed by atoms with Crippen molar-refractivity contribution < 1.29 is 40.2 Å². The van der Waals surface area contributed by atoms with Crippen LogP contribution in [0.4, 0.5) is 21.0 Å². The number of hydrogen-bond acceptors (Lipinski definition) is 0. The van der Waals surface area contributed by atoms with Crippen LogP contribution in [0.5, 0.6) is 0 Å². The first-order valence-electron chi connectivity index (χ1n) is 1.51. The van der Waals surface area contributed by atoms with Gasteiger partial charge in [-0.15, -0.1) is 0 Å². The fourth-order valence-electron chi connectivity index (χ4n) is 0. The molecule has 0 nitrogen and oxygen atoms in total. The van der Waals surface area contributed by atoms with Gasteiger partial charge in [-0.1, -0.05) is 0 Å². The Morgan fingerprint density at radius 2 is 0.455 bits per heavy atom. The van der Waals surface area contributed by atoms with Crippen molar-refractivity contribution in [2.24, 2.45) is 0 Å². The minimum atomic E-state index is -15.4. The Kier molecular flexibility index (Phi) is 2.69. The largest absolute Gasteiger partial charge is 2.00 e. The fraction of sp³-hybridized carbons (Fsp3) is 0. The first-order valence-corrected chi connectivity index (χ1v) is 8.94. The molecular formula is F8Sn2Zr. The van der Waals surface area contributed by atoms with Gasteiger partial charge in [0.05, 0.1) is 0 Å². The van der Waals surface area contributed by atoms with Gasteiger partial charge in [-0.25, -0.2) is 0 Å². The van der Waals surface area contributed by atoms with Crippen LogP contribution in [0, 0.1) is 0 Å². The Balaban J connectivity index is -0.000000320. The molecule has 0 aliphatic rings. The molecule has 0 aromatic heterocycles. The molecule has 0 rings (SSSR count). The maximum absolute atomic E-state index is 15.4. The molecule has 11 heteroatoms. The predicted molar refractivity (Wildman–Crippen MR) is 20.4 cm³/mol. The van der Waals surface area contributed by atoms with Crippen molar-refractivity contribution in [2.45, 2.75) is 0 Å². The van der Waals surface area contributed by atoms with E-state index >= 15 is 0 Å². The van der Waals surface area contributed by atoms with Gasteiger partial charge in [0, 0.05) is 0 Å². The summed E-state index contributed by atoms with van der Waals surface area (Å²) in [4.78, 5) is 0. The van der Waals surface area contributed by atoms with Crippen molar-refractivity contribution in [1.29, 1.82) is 0 Å². The minimum absolute atomic E-state index is 0. The molecule has 0 saturated heterocycles. The molecule has 0 fully saturated rings. The quantitative estimate of drug-likeness (QED) is 0.369. The Hall–Kier alpha value is 1.92. The van der Waals surface area contributed by atoms with Crippen LogP contribution >= 0.6 is 0 Å². The van der Waals surface area contributed by atoms with E-state index in [0.29, 0.717) is 0 Å². The zero-order valence-corrected chi connectivity index (χ0v) is 12.7. The summed E-state index contributed by atoms with van der Waals surface area (Å²) in [7, 11) is 0. The molecule has 0 aliphatic heterocycles. The van der Waals surface area contributed by atoms with E-state index in [1.54, 1.807) is 0 Å². The molecule has 0 aliphatic carbocycles. The van der Waals surface area contributed by atoms with Crippen LogP contribution in [0.2, 0.25) is 0 Å². The van der Waals surface area contributed by atoms with Gasteiger partial charge in [0.2, 0.25) is 0 Å². The van der Waals surface area contributed by atoms with Crippen LogP contribution in [-0.2, 0) is 19.2 Å². The van der Waals surface area contributed by atoms with Gasteiger partial charge in [-0.05, 0) is 0 Å². The minimum Gasteiger partial charge on any atom is 2.00 e. The van der Waals surface area contributed by atoms with Gasteiger partial charge in [0.1, 0.15) is 0 Å². The smallest absolute Gasteiger partial charge is 2.00 e. The summed E-state index contributed by atoms with van der Waals surface area (Å²) in [6.07, 6.45) is 0. The van der Waals surface area contributed by atoms with Crippen LogP contribution in [0.1, 0.15) is 0 Å². The second-order valence-corrected chi connectivity index (χ2v) is 11.8. The third kappa shape index (κ3) is 318. The summed E-state index contributed by atoms with van der Waals surface area (Å²) < 4.78 is 79.6. The fourth-order valence-corrected chi connectivity index (χ4v) is 0. The van der Waals surface area contributed by atoms with Crippen molar-refractivity contribution in [3.05, 3.63) is 0 Å². The molecule has 0 atom stereocenters. The molecule has 68 valence electrons. The van der Waals surface area contributed by atoms with Gasteiger partial charge in [0.15, 0.2) is 0 Å². The van der Waals surface area contributed by atoms with Crippen molar-refractivity contribution in [3.8, 4) is 0 Å². The summed E-state index contributed by atoms with van der Waals surface area (Å²) in [6.45, 7) is 0. The standard InChI is InChI=1S/8FH.2Sn.Zr/h8*1H;;;/q;;;;;;;;2*+2;+4/p-8. The molecule has 0 heterocycles. The molecule has 11 heavy (non-hydrogen) atoms. The number of halogens is 8. The second-order valence-electron chi connectivity index (χ2n) is 2.00. The van der Waals surface area contributed by atoms with Crippen molar-refractivity contribution in [2.75, 3.05) is 0 Å². The summed E-state index contributed by atoms with van der Waals surface area (Å²) in [5.41, 5.74) is 0. The third-order valence-electron chi connectivity index (χ3n) is 0. The second kappa shape index (κ2) is 1.59. The van der Waals surface area contributed by atoms with Crippen LogP contribution in [0.3, 0.4) is 0 Å². The normalized spacial score (nSPS) is 25.5. The zero-order valence-electron chi connectivity index (χ0n) is 4.52. The van der Waals surface area contributed by atoms with Crippen LogP contribution in [-0.4, -0.2) is 47.8 Å². The molecule has 0 aromatic rings. The molecule has 0 unspecified atom stereocenters. The van der Waals surface area contributed by atoms with E-state index in [1.165, 1.54) is 0 Å². The number of hydrogen-bond donors (Lipinski definition) is 0. The molecular weight excluding hydrogens is 481 g/mol. The van der Waals surface area contributed by atoms with Crippen LogP contribution < -0.4 is 0 Å². The van der Waals surface area contributed by atoms with E-state index in [1.807, 2.05) is 0 Å². The summed E-state index contributed by atoms with van der Waals surface area (Å²) in [6, 6.07) is 0. The maximum atomic E-state index is 9.95. The van der Waals surface area contributed by atoms with E-state index in [0.717, 1.165) is 0 Å². The van der Waals surface area contributed by atoms with Crippen LogP contribution in [0.25, 0.3) is 0 Å². The van der Waals surface area contributed by atoms with Crippen molar-refractivity contribution in [1.82, 2.24) is 0 Å². The SMILES string of the molecule is [F][Zr-4]([F])([F])([F])([F])([F])([F])[F].[Sn+2].[Sn+2]. The molecule has 0 aromatic carbocycles. The Morgan fingerprint density at radius 1 is 0.455 bits per heavy atom. The first-order chi connectivity index (χ1) is 2.83. The Bertz CT molecular complexity index is 147. The molecule has 0 N–H and O–H groups in total. The van der Waals surface area contributed by atoms with E-state index in [-0.39, 0.29) is 47.8 Å². The molecule has 0 bridgehead atoms. The van der Waals surface area contributed by atoms with Gasteiger partial charge >= 0.3 is 88.0 Å². The summed E-state index contributed by atoms with van der Waals surface area (Å²) in [5, 5.41) is 0. The zero-order chi connectivity index (χ0) is 8.35. The van der Waals surface area contributed by atoms with E-state index in [2.05, 4.69) is 0 Å². The molecule has 0 spiro atoms. The van der Waals surface area contributed by atoms with Gasteiger partial charge < -0.3 is 0 Å². The number of rotatable bonds is 0. The Morgan fingerprint density at radius 3 is 0.455 bits per heavy atom. The maximum Gasteiger partial charge on any atom is 2.00 e. The van der Waals surface area contributed by atoms with Crippen LogP contribution in [0.15, 0.2) is 0 Å². The topological polar surface area (TPSA) is 0 Å². The molecule has 0 amide bonds. The molecule has 0 saturated carbocycles. The summed E-state index contributed by atoms with van der Waals surface area (Å²) in [5.74, 6) is 0. The van der Waals surface area contributed by atoms with Crippen molar-refractivity contribution in [3.63, 3.8) is 0 Å². The van der Waals surface area contributed by atoms with E-state index in [4.69, 9.17) is 0 Å². The van der Waals surface area contributed by atoms with Gasteiger partial charge in [0.25, 0.3) is 0 Å². The van der Waals surface area contributed by atoms with Crippen molar-refractivity contribution >= 4 is 47.8 Å². The van der Waals surface area contributed by atoms with E-state index < -0.39 is 19.2 Å². The third-order valence-corrected chi connectivity index (χ3v) is 0. The average Bonchev–Trinajstić information content (AvgIpc) is 0.503. The van der Waals surface area contributed by atoms with Gasteiger partial charge in [-0.3, -0.25) is 0 Å². The average molecular weight is 481 g/mol. The predicted octanol–water partition coefficient (Wildman–Crippen LogP) is 2.60. The monoisotopic (exact) mass is 482 g/mol.